The molecule has 0 aromatic heterocycles. The van der Waals surface area contributed by atoms with Gasteiger partial charge in [-0.05, 0) is 14.1 Å². The standard InChI is InChI=1S/C11H25N3O2/c1-12(2)9(10(15-7)13(3)4)11(16-8)14(5)6/h10H,1-8H3/b11-9+. The molecule has 0 N–H and O–H groups in total. The Kier molecular flexibility index (Phi) is 6.21. The van der Waals surface area contributed by atoms with Crippen molar-refractivity contribution in [2.24, 2.45) is 0 Å². The molecule has 0 amide bonds. The number of nitrogens with zero attached hydrogens (tertiary/aromatic N) is 3. The van der Waals surface area contributed by atoms with Gasteiger partial charge in [-0.3, -0.25) is 4.90 Å². The SMILES string of the molecule is CO/C(=C(\C(OC)N(C)C)N(C)C)N(C)C. The lowest BCUT2D eigenvalue weighted by Crippen LogP contribution is -2.39. The van der Waals surface area contributed by atoms with Crippen LogP contribution in [0.15, 0.2) is 11.6 Å². The molecule has 0 aromatic carbocycles. The highest BCUT2D eigenvalue weighted by Gasteiger charge is 2.24. The van der Waals surface area contributed by atoms with Gasteiger partial charge in [0.1, 0.15) is 5.70 Å². The summed E-state index contributed by atoms with van der Waals surface area (Å²) in [4.78, 5) is 5.94. The molecular formula is C11H25N3O2. The molecule has 16 heavy (non-hydrogen) atoms. The molecule has 0 saturated heterocycles. The minimum Gasteiger partial charge on any atom is -0.481 e. The van der Waals surface area contributed by atoms with Crippen molar-refractivity contribution in [1.82, 2.24) is 14.7 Å². The summed E-state index contributed by atoms with van der Waals surface area (Å²) in [5.41, 5.74) is 0.986. The number of hydrogen-bond donors (Lipinski definition) is 0. The highest BCUT2D eigenvalue weighted by molar-refractivity contribution is 5.10. The van der Waals surface area contributed by atoms with Gasteiger partial charge in [-0.15, -0.1) is 0 Å². The molecule has 0 aromatic rings. The van der Waals surface area contributed by atoms with Gasteiger partial charge in [0.15, 0.2) is 6.23 Å². The van der Waals surface area contributed by atoms with Crippen LogP contribution in [-0.2, 0) is 9.47 Å². The van der Waals surface area contributed by atoms with Crippen LogP contribution in [0, 0.1) is 0 Å². The second kappa shape index (κ2) is 6.60. The Morgan fingerprint density at radius 3 is 1.56 bits per heavy atom. The minimum absolute atomic E-state index is 0.132. The molecule has 0 saturated carbocycles. The Morgan fingerprint density at radius 1 is 0.875 bits per heavy atom. The molecule has 0 aliphatic carbocycles. The lowest BCUT2D eigenvalue weighted by Gasteiger charge is -2.33. The first kappa shape index (κ1) is 15.1. The van der Waals surface area contributed by atoms with E-state index in [0.717, 1.165) is 11.6 Å². The fourth-order valence-electron chi connectivity index (χ4n) is 1.60. The van der Waals surface area contributed by atoms with Gasteiger partial charge in [0.05, 0.1) is 7.11 Å². The van der Waals surface area contributed by atoms with Crippen molar-refractivity contribution in [2.45, 2.75) is 6.23 Å². The van der Waals surface area contributed by atoms with Crippen molar-refractivity contribution in [1.29, 1.82) is 0 Å². The van der Waals surface area contributed by atoms with Crippen LogP contribution in [0.5, 0.6) is 0 Å². The van der Waals surface area contributed by atoms with E-state index >= 15 is 0 Å². The van der Waals surface area contributed by atoms with Gasteiger partial charge in [0.2, 0.25) is 5.88 Å². The molecule has 0 bridgehead atoms. The smallest absolute Gasteiger partial charge is 0.212 e. The summed E-state index contributed by atoms with van der Waals surface area (Å²) in [5, 5.41) is 0. The quantitative estimate of drug-likeness (QED) is 0.489. The van der Waals surface area contributed by atoms with Crippen molar-refractivity contribution in [2.75, 3.05) is 56.5 Å². The predicted molar refractivity (Wildman–Crippen MR) is 65.9 cm³/mol. The van der Waals surface area contributed by atoms with E-state index in [9.17, 15) is 0 Å². The molecule has 1 atom stereocenters. The second-order valence-electron chi connectivity index (χ2n) is 4.24. The second-order valence-corrected chi connectivity index (χ2v) is 4.24. The van der Waals surface area contributed by atoms with Crippen LogP contribution in [0.3, 0.4) is 0 Å². The van der Waals surface area contributed by atoms with E-state index in [1.165, 1.54) is 0 Å². The Bertz CT molecular complexity index is 237. The first-order valence-electron chi connectivity index (χ1n) is 5.18. The number of methoxy groups -OCH3 is 2. The summed E-state index contributed by atoms with van der Waals surface area (Å²) in [6.45, 7) is 0. The van der Waals surface area contributed by atoms with Crippen LogP contribution < -0.4 is 0 Å². The van der Waals surface area contributed by atoms with E-state index in [0.29, 0.717) is 0 Å². The van der Waals surface area contributed by atoms with E-state index < -0.39 is 0 Å². The van der Waals surface area contributed by atoms with E-state index in [1.807, 2.05) is 57.0 Å². The van der Waals surface area contributed by atoms with E-state index in [-0.39, 0.29) is 6.23 Å². The predicted octanol–water partition coefficient (Wildman–Crippen LogP) is 0.459. The summed E-state index contributed by atoms with van der Waals surface area (Å²) in [6.07, 6.45) is -0.132. The van der Waals surface area contributed by atoms with E-state index in [2.05, 4.69) is 0 Å². The van der Waals surface area contributed by atoms with Gasteiger partial charge in [0.25, 0.3) is 0 Å². The van der Waals surface area contributed by atoms with Gasteiger partial charge in [-0.1, -0.05) is 0 Å². The average Bonchev–Trinajstić information content (AvgIpc) is 2.16. The Labute approximate surface area is 99.2 Å². The number of hydrogen-bond acceptors (Lipinski definition) is 5. The lowest BCUT2D eigenvalue weighted by molar-refractivity contribution is -0.000349. The summed E-state index contributed by atoms with van der Waals surface area (Å²) in [5.74, 6) is 0.797. The molecule has 0 aliphatic heterocycles. The average molecular weight is 231 g/mol. The van der Waals surface area contributed by atoms with Crippen LogP contribution in [0.1, 0.15) is 0 Å². The van der Waals surface area contributed by atoms with Crippen LogP contribution in [0.2, 0.25) is 0 Å². The van der Waals surface area contributed by atoms with Gasteiger partial charge in [0, 0.05) is 35.3 Å². The van der Waals surface area contributed by atoms with Crippen LogP contribution in [-0.4, -0.2) is 77.4 Å². The maximum absolute atomic E-state index is 5.49. The highest BCUT2D eigenvalue weighted by atomic mass is 16.5. The van der Waals surface area contributed by atoms with Gasteiger partial charge in [-0.25, -0.2) is 0 Å². The summed E-state index contributed by atoms with van der Waals surface area (Å²) in [7, 11) is 15.2. The third-order valence-electron chi connectivity index (χ3n) is 2.23. The van der Waals surface area contributed by atoms with E-state index in [4.69, 9.17) is 9.47 Å². The molecule has 0 rings (SSSR count). The van der Waals surface area contributed by atoms with Crippen molar-refractivity contribution in [3.05, 3.63) is 11.6 Å². The molecule has 1 unspecified atom stereocenters. The van der Waals surface area contributed by atoms with Gasteiger partial charge >= 0.3 is 0 Å². The van der Waals surface area contributed by atoms with Crippen LogP contribution in [0.4, 0.5) is 0 Å². The maximum Gasteiger partial charge on any atom is 0.212 e. The summed E-state index contributed by atoms with van der Waals surface area (Å²) >= 11 is 0. The summed E-state index contributed by atoms with van der Waals surface area (Å²) in [6, 6.07) is 0. The molecule has 0 radical (unpaired) electrons. The number of rotatable bonds is 6. The first-order valence-corrected chi connectivity index (χ1v) is 5.18. The third-order valence-corrected chi connectivity index (χ3v) is 2.23. The minimum atomic E-state index is -0.132. The zero-order valence-corrected chi connectivity index (χ0v) is 11.7. The number of ether oxygens (including phenoxy) is 2. The van der Waals surface area contributed by atoms with Crippen molar-refractivity contribution in [3.8, 4) is 0 Å². The zero-order chi connectivity index (χ0) is 12.9. The van der Waals surface area contributed by atoms with E-state index in [1.54, 1.807) is 14.2 Å². The van der Waals surface area contributed by atoms with Crippen LogP contribution in [0.25, 0.3) is 0 Å². The number of likely N-dealkylation sites (N-methyl/N-ethyl adjacent to an activating group) is 2. The molecule has 5 nitrogen and oxygen atoms in total. The fraction of sp³-hybridized carbons (Fsp3) is 0.818. The van der Waals surface area contributed by atoms with Crippen molar-refractivity contribution in [3.63, 3.8) is 0 Å². The first-order chi connectivity index (χ1) is 7.36. The van der Waals surface area contributed by atoms with Gasteiger partial charge < -0.3 is 19.3 Å². The Morgan fingerprint density at radius 2 is 1.38 bits per heavy atom. The molecular weight excluding hydrogens is 206 g/mol. The Hall–Kier alpha value is -0.940. The molecule has 0 heterocycles. The zero-order valence-electron chi connectivity index (χ0n) is 11.7. The normalized spacial score (nSPS) is 14.6. The monoisotopic (exact) mass is 231 g/mol. The van der Waals surface area contributed by atoms with Gasteiger partial charge in [-0.2, -0.15) is 0 Å². The Balaban J connectivity index is 5.40. The van der Waals surface area contributed by atoms with Crippen molar-refractivity contribution < 1.29 is 9.47 Å². The molecule has 0 fully saturated rings. The van der Waals surface area contributed by atoms with Crippen LogP contribution >= 0.6 is 0 Å². The topological polar surface area (TPSA) is 28.2 Å². The molecule has 0 spiro atoms. The summed E-state index contributed by atoms with van der Waals surface area (Å²) < 4.78 is 10.9. The fourth-order valence-corrected chi connectivity index (χ4v) is 1.60. The largest absolute Gasteiger partial charge is 0.481 e. The molecule has 0 aliphatic rings. The van der Waals surface area contributed by atoms with Crippen molar-refractivity contribution >= 4 is 0 Å². The maximum atomic E-state index is 5.49. The third kappa shape index (κ3) is 3.57. The molecule has 96 valence electrons. The molecule has 5 heteroatoms. The lowest BCUT2D eigenvalue weighted by atomic mass is 10.3. The highest BCUT2D eigenvalue weighted by Crippen LogP contribution is 2.18.